The molecular weight excluding hydrogens is 366 g/mol. The number of benzene rings is 1. The molecule has 0 radical (unpaired) electrons. The summed E-state index contributed by atoms with van der Waals surface area (Å²) in [5, 5.41) is 0. The van der Waals surface area contributed by atoms with Crippen LogP contribution in [0, 0.1) is 5.92 Å². The van der Waals surface area contributed by atoms with E-state index in [2.05, 4.69) is 36.8 Å². The molecule has 2 aromatic rings. The fourth-order valence-electron chi connectivity index (χ4n) is 4.00. The Morgan fingerprint density at radius 3 is 2.59 bits per heavy atom. The normalized spacial score (nSPS) is 20.2. The summed E-state index contributed by atoms with van der Waals surface area (Å²) >= 11 is 0. The van der Waals surface area contributed by atoms with Gasteiger partial charge in [-0.15, -0.1) is 0 Å². The summed E-state index contributed by atoms with van der Waals surface area (Å²) in [6, 6.07) is 10.0. The van der Waals surface area contributed by atoms with E-state index in [9.17, 15) is 0 Å². The van der Waals surface area contributed by atoms with Crippen LogP contribution in [-0.2, 0) is 0 Å². The Labute approximate surface area is 172 Å². The van der Waals surface area contributed by atoms with E-state index >= 15 is 0 Å². The zero-order valence-electron chi connectivity index (χ0n) is 16.9. The molecule has 4 rings (SSSR count). The SMILES string of the molecule is COc1ccccc1N1CCC(CN=C(N)N2CCN(c3ncccn3)CC2)C1. The summed E-state index contributed by atoms with van der Waals surface area (Å²) in [5.41, 5.74) is 7.46. The minimum Gasteiger partial charge on any atom is -0.495 e. The molecule has 2 N–H and O–H groups in total. The van der Waals surface area contributed by atoms with Gasteiger partial charge in [0.25, 0.3) is 0 Å². The van der Waals surface area contributed by atoms with Crippen molar-refractivity contribution < 1.29 is 4.74 Å². The molecule has 2 aliphatic heterocycles. The molecule has 2 saturated heterocycles. The number of piperazine rings is 1. The Morgan fingerprint density at radius 2 is 1.83 bits per heavy atom. The molecule has 154 valence electrons. The second-order valence-electron chi connectivity index (χ2n) is 7.49. The summed E-state index contributed by atoms with van der Waals surface area (Å²) in [4.78, 5) is 20.1. The van der Waals surface area contributed by atoms with Crippen molar-refractivity contribution in [3.05, 3.63) is 42.7 Å². The minimum absolute atomic E-state index is 0.512. The molecular formula is C21H29N7O. The van der Waals surface area contributed by atoms with Crippen LogP contribution in [0.5, 0.6) is 5.75 Å². The second-order valence-corrected chi connectivity index (χ2v) is 7.49. The summed E-state index contributed by atoms with van der Waals surface area (Å²) in [7, 11) is 1.72. The Hall–Kier alpha value is -3.03. The van der Waals surface area contributed by atoms with E-state index in [-0.39, 0.29) is 0 Å². The lowest BCUT2D eigenvalue weighted by Gasteiger charge is -2.35. The third-order valence-corrected chi connectivity index (χ3v) is 5.66. The van der Waals surface area contributed by atoms with Crippen LogP contribution in [0.4, 0.5) is 11.6 Å². The first-order valence-corrected chi connectivity index (χ1v) is 10.2. The van der Waals surface area contributed by atoms with Crippen LogP contribution in [0.15, 0.2) is 47.7 Å². The molecule has 0 saturated carbocycles. The van der Waals surface area contributed by atoms with Crippen molar-refractivity contribution in [1.82, 2.24) is 14.9 Å². The summed E-state index contributed by atoms with van der Waals surface area (Å²) in [5.74, 6) is 2.87. The van der Waals surface area contributed by atoms with Gasteiger partial charge in [-0.05, 0) is 30.5 Å². The van der Waals surface area contributed by atoms with Gasteiger partial charge in [-0.2, -0.15) is 0 Å². The van der Waals surface area contributed by atoms with Crippen molar-refractivity contribution in [2.45, 2.75) is 6.42 Å². The summed E-state index contributed by atoms with van der Waals surface area (Å²) in [6.07, 6.45) is 4.68. The number of aliphatic imine (C=N–C) groups is 1. The van der Waals surface area contributed by atoms with Gasteiger partial charge >= 0.3 is 0 Å². The molecule has 8 heteroatoms. The molecule has 1 aromatic heterocycles. The molecule has 0 amide bonds. The van der Waals surface area contributed by atoms with Crippen molar-refractivity contribution in [3.63, 3.8) is 0 Å². The third kappa shape index (κ3) is 4.52. The standard InChI is InChI=1S/C21H29N7O/c1-29-19-6-3-2-5-18(19)28-10-7-17(16-28)15-25-20(22)26-11-13-27(14-12-26)21-23-8-4-9-24-21/h2-6,8-9,17H,7,10-16H2,1H3,(H2,22,25). The Morgan fingerprint density at radius 1 is 1.07 bits per heavy atom. The number of hydrogen-bond donors (Lipinski definition) is 1. The summed E-state index contributed by atoms with van der Waals surface area (Å²) in [6.45, 7) is 6.15. The molecule has 8 nitrogen and oxygen atoms in total. The van der Waals surface area contributed by atoms with E-state index in [1.807, 2.05) is 18.2 Å². The maximum absolute atomic E-state index is 6.29. The van der Waals surface area contributed by atoms with E-state index in [1.54, 1.807) is 19.5 Å². The topological polar surface area (TPSA) is 83.1 Å². The van der Waals surface area contributed by atoms with Gasteiger partial charge in [0.15, 0.2) is 5.96 Å². The average Bonchev–Trinajstić information content (AvgIpc) is 3.27. The van der Waals surface area contributed by atoms with Crippen LogP contribution in [0.1, 0.15) is 6.42 Å². The molecule has 29 heavy (non-hydrogen) atoms. The van der Waals surface area contributed by atoms with Gasteiger partial charge < -0.3 is 25.2 Å². The first-order chi connectivity index (χ1) is 14.2. The van der Waals surface area contributed by atoms with Crippen LogP contribution in [0.25, 0.3) is 0 Å². The molecule has 1 aromatic carbocycles. The zero-order valence-corrected chi connectivity index (χ0v) is 16.9. The van der Waals surface area contributed by atoms with Crippen LogP contribution < -0.4 is 20.3 Å². The number of ether oxygens (including phenoxy) is 1. The Bertz CT molecular complexity index is 821. The van der Waals surface area contributed by atoms with E-state index in [0.717, 1.165) is 69.6 Å². The lowest BCUT2D eigenvalue weighted by molar-refractivity contribution is 0.377. The summed E-state index contributed by atoms with van der Waals surface area (Å²) < 4.78 is 5.50. The third-order valence-electron chi connectivity index (χ3n) is 5.66. The van der Waals surface area contributed by atoms with Crippen molar-refractivity contribution in [1.29, 1.82) is 0 Å². The number of nitrogens with zero attached hydrogens (tertiary/aromatic N) is 6. The van der Waals surface area contributed by atoms with E-state index in [4.69, 9.17) is 15.5 Å². The van der Waals surface area contributed by atoms with Gasteiger partial charge in [-0.3, -0.25) is 4.99 Å². The van der Waals surface area contributed by atoms with Gasteiger partial charge in [0.1, 0.15) is 5.75 Å². The fourth-order valence-corrected chi connectivity index (χ4v) is 4.00. The number of hydrogen-bond acceptors (Lipinski definition) is 6. The number of para-hydroxylation sites is 2. The van der Waals surface area contributed by atoms with E-state index in [1.165, 1.54) is 0 Å². The van der Waals surface area contributed by atoms with Crippen molar-refractivity contribution in [3.8, 4) is 5.75 Å². The highest BCUT2D eigenvalue weighted by Crippen LogP contribution is 2.32. The van der Waals surface area contributed by atoms with Crippen LogP contribution in [-0.4, -0.2) is 73.8 Å². The second kappa shape index (κ2) is 8.98. The molecule has 0 bridgehead atoms. The predicted octanol–water partition coefficient (Wildman–Crippen LogP) is 1.45. The van der Waals surface area contributed by atoms with Gasteiger partial charge in [0.2, 0.25) is 5.95 Å². The maximum Gasteiger partial charge on any atom is 0.225 e. The average molecular weight is 396 g/mol. The molecule has 1 unspecified atom stereocenters. The Balaban J connectivity index is 1.28. The number of nitrogens with two attached hydrogens (primary N) is 1. The first kappa shape index (κ1) is 19.3. The molecule has 3 heterocycles. The number of guanidine groups is 1. The molecule has 2 fully saturated rings. The highest BCUT2D eigenvalue weighted by atomic mass is 16.5. The fraction of sp³-hybridized carbons (Fsp3) is 0.476. The van der Waals surface area contributed by atoms with Crippen LogP contribution >= 0.6 is 0 Å². The lowest BCUT2D eigenvalue weighted by atomic mass is 10.1. The number of rotatable bonds is 5. The smallest absolute Gasteiger partial charge is 0.225 e. The van der Waals surface area contributed by atoms with Crippen LogP contribution in [0.3, 0.4) is 0 Å². The largest absolute Gasteiger partial charge is 0.495 e. The predicted molar refractivity (Wildman–Crippen MR) is 116 cm³/mol. The molecule has 0 aliphatic carbocycles. The minimum atomic E-state index is 0.512. The van der Waals surface area contributed by atoms with Gasteiger partial charge in [-0.25, -0.2) is 9.97 Å². The van der Waals surface area contributed by atoms with Crippen LogP contribution in [0.2, 0.25) is 0 Å². The monoisotopic (exact) mass is 395 g/mol. The number of aromatic nitrogens is 2. The highest BCUT2D eigenvalue weighted by molar-refractivity contribution is 5.78. The quantitative estimate of drug-likeness (QED) is 0.606. The highest BCUT2D eigenvalue weighted by Gasteiger charge is 2.25. The van der Waals surface area contributed by atoms with Crippen molar-refractivity contribution in [2.24, 2.45) is 16.6 Å². The number of methoxy groups -OCH3 is 1. The first-order valence-electron chi connectivity index (χ1n) is 10.2. The van der Waals surface area contributed by atoms with E-state index in [0.29, 0.717) is 11.9 Å². The van der Waals surface area contributed by atoms with Crippen molar-refractivity contribution in [2.75, 3.05) is 62.7 Å². The molecule has 0 spiro atoms. The Kier molecular flexibility index (Phi) is 5.97. The lowest BCUT2D eigenvalue weighted by Crippen LogP contribution is -2.51. The van der Waals surface area contributed by atoms with Gasteiger partial charge in [0, 0.05) is 58.2 Å². The molecule has 1 atom stereocenters. The van der Waals surface area contributed by atoms with E-state index < -0.39 is 0 Å². The van der Waals surface area contributed by atoms with Crippen molar-refractivity contribution >= 4 is 17.6 Å². The zero-order chi connectivity index (χ0) is 20.1. The number of anilines is 2. The maximum atomic E-state index is 6.29. The molecule has 2 aliphatic rings. The van der Waals surface area contributed by atoms with Gasteiger partial charge in [-0.1, -0.05) is 12.1 Å². The van der Waals surface area contributed by atoms with Gasteiger partial charge in [0.05, 0.1) is 12.8 Å².